The molecule has 2 aliphatic heterocycles. The molecule has 0 unspecified atom stereocenters. The van der Waals surface area contributed by atoms with Crippen LogP contribution in [0.3, 0.4) is 0 Å². The van der Waals surface area contributed by atoms with Crippen molar-refractivity contribution < 1.29 is 78.0 Å². The monoisotopic (exact) mass is 1200 g/mol. The van der Waals surface area contributed by atoms with Gasteiger partial charge in [0.15, 0.2) is 0 Å². The van der Waals surface area contributed by atoms with E-state index < -0.39 is 24.0 Å². The predicted octanol–water partition coefficient (Wildman–Crippen LogP) is 2.28. The van der Waals surface area contributed by atoms with Crippen molar-refractivity contribution in [3.05, 3.63) is 82.6 Å². The number of nitrogens with zero attached hydrogens (tertiary/aromatic N) is 2. The van der Waals surface area contributed by atoms with Gasteiger partial charge in [0.2, 0.25) is 11.8 Å². The Morgan fingerprint density at radius 2 is 0.951 bits per heavy atom. The number of amides is 3. The summed E-state index contributed by atoms with van der Waals surface area (Å²) < 4.78 is 9.39. The first kappa shape index (κ1) is 68.6. The maximum absolute atomic E-state index is 14.3. The highest BCUT2D eigenvalue weighted by atomic mass is 35.5. The minimum Gasteiger partial charge on any atom is -1.00 e. The molecule has 2 saturated heterocycles. The van der Waals surface area contributed by atoms with E-state index in [9.17, 15) is 33.9 Å². The first-order valence-corrected chi connectivity index (χ1v) is 30.5. The highest BCUT2D eigenvalue weighted by Gasteiger charge is 2.40. The van der Waals surface area contributed by atoms with Gasteiger partial charge in [-0.1, -0.05) is 102 Å². The van der Waals surface area contributed by atoms with E-state index in [2.05, 4.69) is 38.0 Å². The third-order valence-electron chi connectivity index (χ3n) is 16.6. The van der Waals surface area contributed by atoms with Crippen LogP contribution in [-0.2, 0) is 28.7 Å². The molecule has 0 radical (unpaired) electrons. The summed E-state index contributed by atoms with van der Waals surface area (Å²) >= 11 is 2.67. The molecule has 2 saturated carbocycles. The van der Waals surface area contributed by atoms with Crippen molar-refractivity contribution in [3.8, 4) is 20.9 Å². The molecule has 4 heterocycles. The zero-order valence-electron chi connectivity index (χ0n) is 49.3. The van der Waals surface area contributed by atoms with Crippen LogP contribution in [0.5, 0.6) is 0 Å². The van der Waals surface area contributed by atoms with Crippen molar-refractivity contribution in [3.63, 3.8) is 0 Å². The highest BCUT2D eigenvalue weighted by molar-refractivity contribution is 7.18. The zero-order valence-corrected chi connectivity index (χ0v) is 52.4. The number of ether oxygens (including phenoxy) is 2. The number of esters is 2. The number of nitrogens with one attached hydrogen (secondary N) is 3. The minimum absolute atomic E-state index is 0. The molecule has 2 aliphatic carbocycles. The molecule has 4 fully saturated rings. The number of hydrogen-bond donors (Lipinski definition) is 5. The molecule has 2 aromatic heterocycles. The maximum Gasteiger partial charge on any atom is 0.348 e. The SMILES string of the molecule is CC1CCC(C(=O)N(c2cc(-c3ccccc3)sc2C(=O)O)C2CC[NH+](C)CC2)CC1.COC(=O)[C@H](N)C(C)C.COC(=O)[C@H](NC(=O)c1sc(-c2ccccc2)cc1N(C(=O)C1CCC(C)CC1)C1CC[NH+](C)CC1)C(C)C.[Cl-].[Cl-]. The molecule has 81 heavy (non-hydrogen) atoms. The molecule has 0 spiro atoms. The van der Waals surface area contributed by atoms with Crippen LogP contribution in [0.2, 0.25) is 0 Å². The Labute approximate surface area is 501 Å². The second kappa shape index (κ2) is 32.8. The Bertz CT molecular complexity index is 2620. The lowest BCUT2D eigenvalue weighted by molar-refractivity contribution is -0.884. The summed E-state index contributed by atoms with van der Waals surface area (Å²) in [4.78, 5) is 86.8. The van der Waals surface area contributed by atoms with Crippen LogP contribution in [0.4, 0.5) is 11.4 Å². The van der Waals surface area contributed by atoms with E-state index in [1.807, 2.05) is 110 Å². The zero-order chi connectivity index (χ0) is 57.5. The number of carbonyl (C=O) groups is 6. The molecule has 4 aliphatic rings. The fourth-order valence-electron chi connectivity index (χ4n) is 11.3. The molecule has 15 nitrogen and oxygen atoms in total. The lowest BCUT2D eigenvalue weighted by atomic mass is 9.82. The largest absolute Gasteiger partial charge is 1.00 e. The molecule has 19 heteroatoms. The van der Waals surface area contributed by atoms with Gasteiger partial charge in [-0.15, -0.1) is 22.7 Å². The van der Waals surface area contributed by atoms with Crippen molar-refractivity contribution in [1.82, 2.24) is 5.32 Å². The van der Waals surface area contributed by atoms with E-state index in [1.54, 1.807) is 0 Å². The third-order valence-corrected chi connectivity index (χ3v) is 18.9. The van der Waals surface area contributed by atoms with Crippen molar-refractivity contribution in [2.24, 2.45) is 41.2 Å². The van der Waals surface area contributed by atoms with Crippen LogP contribution in [0.25, 0.3) is 20.9 Å². The van der Waals surface area contributed by atoms with Crippen molar-refractivity contribution in [1.29, 1.82) is 0 Å². The number of aromatic carboxylic acids is 1. The van der Waals surface area contributed by atoms with E-state index in [4.69, 9.17) is 10.5 Å². The van der Waals surface area contributed by atoms with Gasteiger partial charge >= 0.3 is 17.9 Å². The molecule has 448 valence electrons. The first-order chi connectivity index (χ1) is 37.7. The standard InChI is InChI=1S/C31H43N3O4S.C25H32N2O3S.C6H13NO2.2ClH/c1-20(2)27(31(37)38-5)32-29(35)28-25(19-26(39-28)22-9-7-6-8-10-22)34(24-15-17-33(4)18-16-24)30(36)23-13-11-21(3)12-14-23;1-17-8-10-19(11-9-17)24(28)27(20-12-14-26(2)15-13-20)21-16-22(31-23(21)25(29)30)18-6-4-3-5-7-18;1-4(2)5(7)6(8)9-3;;/h6-10,19-21,23-24,27H,11-18H2,1-5H3,(H,32,35);3-7,16-17,19-20H,8-15H2,1-2H3,(H,29,30);4-5H,7H2,1-3H3;2*1H/t21?,23?,27-;;5-;;/m1.1../s1. The van der Waals surface area contributed by atoms with Crippen molar-refractivity contribution in [2.75, 3.05) is 64.3 Å². The van der Waals surface area contributed by atoms with Crippen LogP contribution >= 0.6 is 22.7 Å². The number of rotatable bonds is 15. The maximum atomic E-state index is 14.3. The summed E-state index contributed by atoms with van der Waals surface area (Å²) in [5.41, 5.74) is 8.67. The number of quaternary nitrogens is 2. The normalized spacial score (nSPS) is 23.2. The van der Waals surface area contributed by atoms with Gasteiger partial charge in [-0.25, -0.2) is 9.59 Å². The number of nitrogens with two attached hydrogens (primary N) is 1. The molecular weight excluding hydrogens is 1110 g/mol. The third kappa shape index (κ3) is 18.6. The fraction of sp³-hybridized carbons (Fsp3) is 0.581. The number of methoxy groups -OCH3 is 2. The number of carboxylic acid groups (broad SMARTS) is 1. The lowest BCUT2D eigenvalue weighted by Crippen LogP contribution is -3.10. The average Bonchev–Trinajstić information content (AvgIpc) is 4.12. The molecule has 3 amide bonds. The number of benzene rings is 2. The van der Waals surface area contributed by atoms with E-state index in [0.717, 1.165) is 124 Å². The van der Waals surface area contributed by atoms with Gasteiger partial charge in [-0.05, 0) is 98.3 Å². The Morgan fingerprint density at radius 3 is 1.28 bits per heavy atom. The topological polar surface area (TPSA) is 195 Å². The number of likely N-dealkylation sites (tertiary alicyclic amines) is 2. The van der Waals surface area contributed by atoms with E-state index in [0.29, 0.717) is 28.1 Å². The van der Waals surface area contributed by atoms with Gasteiger partial charge in [0.05, 0.1) is 65.9 Å². The second-order valence-electron chi connectivity index (χ2n) is 23.4. The van der Waals surface area contributed by atoms with E-state index >= 15 is 0 Å². The number of anilines is 2. The summed E-state index contributed by atoms with van der Waals surface area (Å²) in [7, 11) is 7.05. The number of carboxylic acids is 1. The second-order valence-corrected chi connectivity index (χ2v) is 25.5. The Balaban J connectivity index is 0.000000301. The average molecular weight is 1200 g/mol. The molecular formula is C62H90Cl2N6O9S2. The van der Waals surface area contributed by atoms with Crippen molar-refractivity contribution in [2.45, 2.75) is 143 Å². The van der Waals surface area contributed by atoms with Crippen LogP contribution in [0.1, 0.15) is 138 Å². The minimum atomic E-state index is -0.948. The number of carbonyl (C=O) groups excluding carboxylic acids is 5. The number of hydrogen-bond acceptors (Lipinski definition) is 11. The molecule has 0 bridgehead atoms. The van der Waals surface area contributed by atoms with E-state index in [1.165, 1.54) is 46.7 Å². The van der Waals surface area contributed by atoms with Gasteiger partial charge in [0, 0.05) is 59.4 Å². The molecule has 6 N–H and O–H groups in total. The Kier molecular flexibility index (Phi) is 27.8. The molecule has 8 rings (SSSR count). The summed E-state index contributed by atoms with van der Waals surface area (Å²) in [5.74, 6) is -0.513. The number of halogens is 2. The van der Waals surface area contributed by atoms with Crippen LogP contribution in [-0.4, -0.2) is 119 Å². The van der Waals surface area contributed by atoms with Crippen LogP contribution < -0.4 is 55.5 Å². The summed E-state index contributed by atoms with van der Waals surface area (Å²) in [6.45, 7) is 16.0. The van der Waals surface area contributed by atoms with Crippen molar-refractivity contribution >= 4 is 69.7 Å². The molecule has 2 aromatic carbocycles. The van der Waals surface area contributed by atoms with Crippen LogP contribution in [0, 0.1) is 35.5 Å². The number of thiophene rings is 2. The molecule has 2 atom stereocenters. The van der Waals surface area contributed by atoms with Crippen LogP contribution in [0.15, 0.2) is 72.8 Å². The summed E-state index contributed by atoms with van der Waals surface area (Å²) in [6, 6.07) is 22.7. The lowest BCUT2D eigenvalue weighted by Gasteiger charge is -2.39. The van der Waals surface area contributed by atoms with Gasteiger partial charge in [0.25, 0.3) is 5.91 Å². The van der Waals surface area contributed by atoms with Gasteiger partial charge < -0.3 is 70.0 Å². The van der Waals surface area contributed by atoms with Gasteiger partial charge in [0.1, 0.15) is 21.8 Å². The van der Waals surface area contributed by atoms with Gasteiger partial charge in [-0.3, -0.25) is 19.2 Å². The fourth-order valence-corrected chi connectivity index (χ4v) is 13.3. The predicted molar refractivity (Wildman–Crippen MR) is 316 cm³/mol. The smallest absolute Gasteiger partial charge is 0.348 e. The Hall–Kier alpha value is -4.88. The van der Waals surface area contributed by atoms with E-state index in [-0.39, 0.29) is 89.1 Å². The highest BCUT2D eigenvalue weighted by Crippen LogP contribution is 2.43. The first-order valence-electron chi connectivity index (χ1n) is 28.8. The van der Waals surface area contributed by atoms with Gasteiger partial charge in [-0.2, -0.15) is 0 Å². The molecule has 4 aromatic rings. The number of piperidine rings is 2. The quantitative estimate of drug-likeness (QED) is 0.110. The Morgan fingerprint density at radius 1 is 0.580 bits per heavy atom. The summed E-state index contributed by atoms with van der Waals surface area (Å²) in [6.07, 6.45) is 11.5. The summed E-state index contributed by atoms with van der Waals surface area (Å²) in [5, 5.41) is 12.9.